The summed E-state index contributed by atoms with van der Waals surface area (Å²) >= 11 is 0. The molecule has 0 spiro atoms. The predicted octanol–water partition coefficient (Wildman–Crippen LogP) is 3.95. The molecule has 1 nitrogen and oxygen atoms in total. The van der Waals surface area contributed by atoms with Crippen molar-refractivity contribution in [1.82, 2.24) is 5.12 Å². The van der Waals surface area contributed by atoms with E-state index in [4.69, 9.17) is 0 Å². The van der Waals surface area contributed by atoms with Crippen LogP contribution in [0.2, 0.25) is 0 Å². The van der Waals surface area contributed by atoms with E-state index in [1.165, 1.54) is 12.8 Å². The molecule has 0 saturated carbocycles. The number of nitrogens with zero attached hydrogens (tertiary/aromatic N) is 1. The van der Waals surface area contributed by atoms with Crippen molar-refractivity contribution in [3.05, 3.63) is 35.9 Å². The molecule has 0 aliphatic heterocycles. The third-order valence-corrected chi connectivity index (χ3v) is 2.45. The van der Waals surface area contributed by atoms with Crippen molar-refractivity contribution in [1.29, 1.82) is 0 Å². The van der Waals surface area contributed by atoms with Crippen molar-refractivity contribution in [3.8, 4) is 0 Å². The Balaban J connectivity index is 2.16. The van der Waals surface area contributed by atoms with E-state index in [1.807, 2.05) is 30.3 Å². The van der Waals surface area contributed by atoms with Gasteiger partial charge in [0.2, 0.25) is 0 Å². The molecule has 0 unspecified atom stereocenters. The van der Waals surface area contributed by atoms with Gasteiger partial charge < -0.3 is 0 Å². The van der Waals surface area contributed by atoms with E-state index in [2.05, 4.69) is 6.92 Å². The molecule has 2 heteroatoms. The van der Waals surface area contributed by atoms with Crippen molar-refractivity contribution in [2.24, 2.45) is 0 Å². The molecular formula is C13H20FN. The largest absolute Gasteiger partial charge is 0.142 e. The van der Waals surface area contributed by atoms with Crippen molar-refractivity contribution in [2.75, 3.05) is 6.54 Å². The zero-order valence-electron chi connectivity index (χ0n) is 9.45. The monoisotopic (exact) mass is 209 g/mol. The second-order valence-corrected chi connectivity index (χ2v) is 3.89. The highest BCUT2D eigenvalue weighted by molar-refractivity contribution is 5.13. The van der Waals surface area contributed by atoms with Gasteiger partial charge in [-0.15, -0.1) is 9.60 Å². The van der Waals surface area contributed by atoms with Gasteiger partial charge in [-0.2, -0.15) is 0 Å². The molecule has 0 heterocycles. The molecule has 0 saturated heterocycles. The minimum Gasteiger partial charge on any atom is -0.142 e. The molecule has 1 aromatic rings. The molecule has 0 aromatic heterocycles. The standard InChI is InChI=1S/C13H20FN/c1-2-3-4-8-11-15(14)12-13-9-6-5-7-10-13/h5-7,9-10H,2-4,8,11-12H2,1H3. The van der Waals surface area contributed by atoms with Crippen LogP contribution in [0.3, 0.4) is 0 Å². The predicted molar refractivity (Wildman–Crippen MR) is 62.1 cm³/mol. The summed E-state index contributed by atoms with van der Waals surface area (Å²) in [4.78, 5) is 0. The average molecular weight is 209 g/mol. The molecule has 1 aromatic carbocycles. The van der Waals surface area contributed by atoms with E-state index in [0.29, 0.717) is 13.1 Å². The lowest BCUT2D eigenvalue weighted by atomic mass is 10.2. The van der Waals surface area contributed by atoms with Crippen molar-refractivity contribution in [3.63, 3.8) is 0 Å². The van der Waals surface area contributed by atoms with E-state index in [9.17, 15) is 4.48 Å². The quantitative estimate of drug-likeness (QED) is 0.485. The van der Waals surface area contributed by atoms with Crippen LogP contribution in [-0.4, -0.2) is 11.7 Å². The van der Waals surface area contributed by atoms with Gasteiger partial charge in [0, 0.05) is 6.54 Å². The molecule has 0 aliphatic rings. The van der Waals surface area contributed by atoms with Crippen molar-refractivity contribution >= 4 is 0 Å². The van der Waals surface area contributed by atoms with E-state index in [1.54, 1.807) is 0 Å². The minimum absolute atomic E-state index is 0.410. The molecule has 0 radical (unpaired) electrons. The summed E-state index contributed by atoms with van der Waals surface area (Å²) in [6.07, 6.45) is 4.49. The van der Waals surface area contributed by atoms with E-state index in [-0.39, 0.29) is 0 Å². The molecule has 0 N–H and O–H groups in total. The number of unbranched alkanes of at least 4 members (excludes halogenated alkanes) is 3. The van der Waals surface area contributed by atoms with Gasteiger partial charge in [0.25, 0.3) is 0 Å². The van der Waals surface area contributed by atoms with Crippen molar-refractivity contribution in [2.45, 2.75) is 39.2 Å². The maximum absolute atomic E-state index is 13.3. The van der Waals surface area contributed by atoms with Gasteiger partial charge in [0.1, 0.15) is 0 Å². The minimum atomic E-state index is 0.410. The Morgan fingerprint density at radius 1 is 1.07 bits per heavy atom. The third-order valence-electron chi connectivity index (χ3n) is 2.45. The second-order valence-electron chi connectivity index (χ2n) is 3.89. The molecule has 0 aliphatic carbocycles. The first-order valence-corrected chi connectivity index (χ1v) is 5.77. The van der Waals surface area contributed by atoms with Gasteiger partial charge in [-0.05, 0) is 12.0 Å². The first-order chi connectivity index (χ1) is 7.33. The molecule has 1 rings (SSSR count). The Morgan fingerprint density at radius 3 is 2.47 bits per heavy atom. The van der Waals surface area contributed by atoms with Gasteiger partial charge in [0.05, 0.1) is 6.54 Å². The highest BCUT2D eigenvalue weighted by atomic mass is 19.2. The summed E-state index contributed by atoms with van der Waals surface area (Å²) in [7, 11) is 0. The molecular weight excluding hydrogens is 189 g/mol. The number of hydrogen-bond donors (Lipinski definition) is 0. The topological polar surface area (TPSA) is 3.24 Å². The maximum atomic E-state index is 13.3. The normalized spacial score (nSPS) is 10.9. The van der Waals surface area contributed by atoms with Gasteiger partial charge in [-0.3, -0.25) is 0 Å². The lowest BCUT2D eigenvalue weighted by Gasteiger charge is -2.11. The Labute approximate surface area is 91.8 Å². The molecule has 0 atom stereocenters. The SMILES string of the molecule is CCCCCCN(F)Cc1ccccc1. The highest BCUT2D eigenvalue weighted by Crippen LogP contribution is 2.07. The molecule has 15 heavy (non-hydrogen) atoms. The van der Waals surface area contributed by atoms with Gasteiger partial charge in [0.15, 0.2) is 0 Å². The van der Waals surface area contributed by atoms with Crippen LogP contribution in [0.15, 0.2) is 30.3 Å². The lowest BCUT2D eigenvalue weighted by Crippen LogP contribution is -2.14. The fourth-order valence-electron chi connectivity index (χ4n) is 1.57. The zero-order valence-corrected chi connectivity index (χ0v) is 9.45. The van der Waals surface area contributed by atoms with E-state index < -0.39 is 0 Å². The zero-order chi connectivity index (χ0) is 10.9. The third kappa shape index (κ3) is 5.53. The van der Waals surface area contributed by atoms with Crippen LogP contribution in [0.4, 0.5) is 4.48 Å². The highest BCUT2D eigenvalue weighted by Gasteiger charge is 2.02. The maximum Gasteiger partial charge on any atom is 0.0540 e. The Kier molecular flexibility index (Phi) is 6.02. The van der Waals surface area contributed by atoms with Crippen LogP contribution >= 0.6 is 0 Å². The molecule has 0 fully saturated rings. The van der Waals surface area contributed by atoms with Crippen LogP contribution in [0.25, 0.3) is 0 Å². The molecule has 84 valence electrons. The van der Waals surface area contributed by atoms with Gasteiger partial charge in [-0.25, -0.2) is 0 Å². The molecule has 0 amide bonds. The number of rotatable bonds is 7. The van der Waals surface area contributed by atoms with Crippen LogP contribution in [0.1, 0.15) is 38.2 Å². The Hall–Kier alpha value is -0.890. The van der Waals surface area contributed by atoms with Crippen molar-refractivity contribution < 1.29 is 4.48 Å². The molecule has 0 bridgehead atoms. The fraction of sp³-hybridized carbons (Fsp3) is 0.538. The summed E-state index contributed by atoms with van der Waals surface area (Å²) < 4.78 is 13.3. The smallest absolute Gasteiger partial charge is 0.0540 e. The number of hydrogen-bond acceptors (Lipinski definition) is 1. The van der Waals surface area contributed by atoms with Crippen LogP contribution in [0, 0.1) is 0 Å². The van der Waals surface area contributed by atoms with Crippen LogP contribution in [-0.2, 0) is 6.54 Å². The lowest BCUT2D eigenvalue weighted by molar-refractivity contribution is 0.0141. The first-order valence-electron chi connectivity index (χ1n) is 5.77. The van der Waals surface area contributed by atoms with Gasteiger partial charge in [-0.1, -0.05) is 56.5 Å². The second kappa shape index (κ2) is 7.41. The van der Waals surface area contributed by atoms with Crippen LogP contribution < -0.4 is 0 Å². The summed E-state index contributed by atoms with van der Waals surface area (Å²) in [5, 5.41) is 0.908. The van der Waals surface area contributed by atoms with E-state index in [0.717, 1.165) is 23.5 Å². The number of halogens is 1. The average Bonchev–Trinajstić information content (AvgIpc) is 2.26. The summed E-state index contributed by atoms with van der Waals surface area (Å²) in [6, 6.07) is 9.76. The fourth-order valence-corrected chi connectivity index (χ4v) is 1.57. The van der Waals surface area contributed by atoms with Gasteiger partial charge >= 0.3 is 0 Å². The van der Waals surface area contributed by atoms with Crippen LogP contribution in [0.5, 0.6) is 0 Å². The summed E-state index contributed by atoms with van der Waals surface area (Å²) in [5.74, 6) is 0. The summed E-state index contributed by atoms with van der Waals surface area (Å²) in [5.41, 5.74) is 1.04. The Bertz CT molecular complexity index is 248. The van der Waals surface area contributed by atoms with E-state index >= 15 is 0 Å². The number of benzene rings is 1. The Morgan fingerprint density at radius 2 is 1.80 bits per heavy atom. The first kappa shape index (κ1) is 12.2. The summed E-state index contributed by atoms with van der Waals surface area (Å²) in [6.45, 7) is 3.12.